The van der Waals surface area contributed by atoms with E-state index in [0.717, 1.165) is 0 Å². The molecule has 0 amide bonds. The molecule has 0 aliphatic carbocycles. The van der Waals surface area contributed by atoms with Crippen molar-refractivity contribution in [3.63, 3.8) is 0 Å². The molecule has 20 heavy (non-hydrogen) atoms. The van der Waals surface area contributed by atoms with Gasteiger partial charge in [0.2, 0.25) is 0 Å². The zero-order chi connectivity index (χ0) is 15.0. The summed E-state index contributed by atoms with van der Waals surface area (Å²) in [7, 11) is 0. The Labute approximate surface area is 111 Å². The molecule has 0 nitrogen and oxygen atoms in total. The first-order valence-electron chi connectivity index (χ1n) is 5.77. The van der Waals surface area contributed by atoms with Gasteiger partial charge in [0.15, 0.2) is 0 Å². The van der Waals surface area contributed by atoms with Crippen molar-refractivity contribution in [2.24, 2.45) is 0 Å². The average molecular weight is 292 g/mol. The van der Waals surface area contributed by atoms with Gasteiger partial charge in [0.25, 0.3) is 0 Å². The predicted octanol–water partition coefficient (Wildman–Crippen LogP) is 5.05. The van der Waals surface area contributed by atoms with Crippen LogP contribution in [0.25, 0.3) is 10.8 Å². The van der Waals surface area contributed by atoms with Crippen LogP contribution in [-0.4, -0.2) is 12.4 Å². The van der Waals surface area contributed by atoms with Gasteiger partial charge in [0.05, 0.1) is 12.8 Å². The Bertz CT molecular complexity index is 558. The highest BCUT2D eigenvalue weighted by atomic mass is 19.4. The number of hydrogen-bond acceptors (Lipinski definition) is 0. The van der Waals surface area contributed by atoms with Crippen LogP contribution in [0.5, 0.6) is 0 Å². The maximum Gasteiger partial charge on any atom is 0.393 e. The number of benzene rings is 2. The van der Waals surface area contributed by atoms with Crippen LogP contribution in [0.3, 0.4) is 0 Å². The quantitative estimate of drug-likeness (QED) is 0.679. The highest BCUT2D eigenvalue weighted by Gasteiger charge is 2.28. The van der Waals surface area contributed by atoms with Crippen LogP contribution in [0, 0.1) is 0 Å². The molecule has 0 aliphatic rings. The summed E-state index contributed by atoms with van der Waals surface area (Å²) in [5, 5.41) is 0.996. The van der Waals surface area contributed by atoms with Crippen molar-refractivity contribution >= 4 is 10.8 Å². The molecule has 0 aliphatic heterocycles. The summed E-state index contributed by atoms with van der Waals surface area (Å²) in [6, 6.07) is 8.19. The normalized spacial score (nSPS) is 12.9. The van der Waals surface area contributed by atoms with Crippen molar-refractivity contribution in [1.29, 1.82) is 0 Å². The smallest absolute Gasteiger partial charge is 0.171 e. The van der Waals surface area contributed by atoms with Gasteiger partial charge in [0, 0.05) is 0 Å². The molecule has 0 saturated heterocycles. The Balaban J connectivity index is 2.34. The van der Waals surface area contributed by atoms with Gasteiger partial charge in [-0.15, -0.1) is 0 Å². The molecule has 0 N–H and O–H groups in total. The lowest BCUT2D eigenvalue weighted by atomic mass is 10.0. The summed E-state index contributed by atoms with van der Waals surface area (Å²) in [6.07, 6.45) is -10.9. The van der Waals surface area contributed by atoms with Crippen molar-refractivity contribution in [3.8, 4) is 0 Å². The first-order chi connectivity index (χ1) is 9.12. The number of halogens is 6. The molecule has 0 radical (unpaired) electrons. The SMILES string of the molecule is FC(F)(F)Cc1ccc2ccc(CC(F)(F)F)cc2c1. The number of alkyl halides is 6. The minimum absolute atomic E-state index is 0.0363. The minimum Gasteiger partial charge on any atom is -0.171 e. The fourth-order valence-electron chi connectivity index (χ4n) is 2.03. The van der Waals surface area contributed by atoms with E-state index >= 15 is 0 Å². The van der Waals surface area contributed by atoms with Crippen LogP contribution in [0.1, 0.15) is 11.1 Å². The predicted molar refractivity (Wildman–Crippen MR) is 63.5 cm³/mol. The fourth-order valence-corrected chi connectivity index (χ4v) is 2.03. The maximum atomic E-state index is 12.3. The molecule has 0 bridgehead atoms. The number of fused-ring (bicyclic) bond motifs is 1. The summed E-state index contributed by atoms with van der Waals surface area (Å²) in [5.74, 6) is 0. The molecule has 2 aromatic carbocycles. The van der Waals surface area contributed by atoms with E-state index in [1.807, 2.05) is 0 Å². The Hall–Kier alpha value is -1.72. The minimum atomic E-state index is -4.34. The Morgan fingerprint density at radius 2 is 1.00 bits per heavy atom. The summed E-state index contributed by atoms with van der Waals surface area (Å²) in [5.41, 5.74) is 0.0725. The van der Waals surface area contributed by atoms with Gasteiger partial charge in [-0.1, -0.05) is 36.4 Å². The molecular weight excluding hydrogens is 282 g/mol. The van der Waals surface area contributed by atoms with Crippen LogP contribution in [0.15, 0.2) is 36.4 Å². The first kappa shape index (κ1) is 14.7. The van der Waals surface area contributed by atoms with E-state index in [4.69, 9.17) is 0 Å². The molecule has 0 fully saturated rings. The molecule has 0 saturated carbocycles. The van der Waals surface area contributed by atoms with Crippen LogP contribution >= 0.6 is 0 Å². The molecule has 108 valence electrons. The van der Waals surface area contributed by atoms with Crippen molar-refractivity contribution < 1.29 is 26.3 Å². The van der Waals surface area contributed by atoms with Crippen molar-refractivity contribution in [3.05, 3.63) is 47.5 Å². The van der Waals surface area contributed by atoms with Gasteiger partial charge < -0.3 is 0 Å². The molecule has 0 heterocycles. The Morgan fingerprint density at radius 3 is 1.35 bits per heavy atom. The van der Waals surface area contributed by atoms with Crippen LogP contribution in [0.4, 0.5) is 26.3 Å². The van der Waals surface area contributed by atoms with Gasteiger partial charge in [-0.3, -0.25) is 0 Å². The molecule has 0 aromatic heterocycles. The van der Waals surface area contributed by atoms with E-state index in [0.29, 0.717) is 10.8 Å². The Kier molecular flexibility index (Phi) is 3.67. The highest BCUT2D eigenvalue weighted by Crippen LogP contribution is 2.27. The molecule has 0 unspecified atom stereocenters. The second-order valence-electron chi connectivity index (χ2n) is 4.60. The van der Waals surface area contributed by atoms with E-state index < -0.39 is 25.2 Å². The van der Waals surface area contributed by atoms with Gasteiger partial charge >= 0.3 is 12.4 Å². The third-order valence-electron chi connectivity index (χ3n) is 2.78. The van der Waals surface area contributed by atoms with E-state index in [1.54, 1.807) is 0 Å². The van der Waals surface area contributed by atoms with Gasteiger partial charge in [-0.2, -0.15) is 26.3 Å². The third kappa shape index (κ3) is 4.15. The summed E-state index contributed by atoms with van der Waals surface area (Å²) >= 11 is 0. The van der Waals surface area contributed by atoms with Crippen molar-refractivity contribution in [2.75, 3.05) is 0 Å². The second-order valence-corrected chi connectivity index (χ2v) is 4.60. The fraction of sp³-hybridized carbons (Fsp3) is 0.286. The molecule has 0 spiro atoms. The van der Waals surface area contributed by atoms with Crippen LogP contribution in [-0.2, 0) is 12.8 Å². The van der Waals surface area contributed by atoms with Gasteiger partial charge in [0.1, 0.15) is 0 Å². The molecule has 0 atom stereocenters. The third-order valence-corrected chi connectivity index (χ3v) is 2.78. The first-order valence-corrected chi connectivity index (χ1v) is 5.77. The summed E-state index contributed by atoms with van der Waals surface area (Å²) in [6.45, 7) is 0. The van der Waals surface area contributed by atoms with Crippen LogP contribution in [0.2, 0.25) is 0 Å². The van der Waals surface area contributed by atoms with Gasteiger partial charge in [-0.25, -0.2) is 0 Å². The lowest BCUT2D eigenvalue weighted by molar-refractivity contribution is -0.128. The highest BCUT2D eigenvalue weighted by molar-refractivity contribution is 5.83. The maximum absolute atomic E-state index is 12.3. The molecule has 2 rings (SSSR count). The zero-order valence-corrected chi connectivity index (χ0v) is 10.1. The monoisotopic (exact) mass is 292 g/mol. The lowest BCUT2D eigenvalue weighted by Gasteiger charge is -2.10. The molecule has 6 heteroatoms. The van der Waals surface area contributed by atoms with Crippen molar-refractivity contribution in [2.45, 2.75) is 25.2 Å². The number of hydrogen-bond donors (Lipinski definition) is 0. The van der Waals surface area contributed by atoms with Gasteiger partial charge in [-0.05, 0) is 21.9 Å². The summed E-state index contributed by atoms with van der Waals surface area (Å²) in [4.78, 5) is 0. The molecular formula is C14H10F6. The number of rotatable bonds is 2. The zero-order valence-electron chi connectivity index (χ0n) is 10.1. The standard InChI is InChI=1S/C14H10F6/c15-13(16,17)7-9-1-3-11-4-2-10(6-12(11)5-9)8-14(18,19)20/h1-6H,7-8H2. The van der Waals surface area contributed by atoms with E-state index in [-0.39, 0.29) is 11.1 Å². The van der Waals surface area contributed by atoms with Crippen molar-refractivity contribution in [1.82, 2.24) is 0 Å². The Morgan fingerprint density at radius 1 is 0.600 bits per heavy atom. The lowest BCUT2D eigenvalue weighted by Crippen LogP contribution is -2.12. The van der Waals surface area contributed by atoms with E-state index in [1.165, 1.54) is 36.4 Å². The second kappa shape index (κ2) is 5.00. The largest absolute Gasteiger partial charge is 0.393 e. The van der Waals surface area contributed by atoms with E-state index in [2.05, 4.69) is 0 Å². The summed E-state index contributed by atoms with van der Waals surface area (Å²) < 4.78 is 73.8. The topological polar surface area (TPSA) is 0 Å². The van der Waals surface area contributed by atoms with E-state index in [9.17, 15) is 26.3 Å². The van der Waals surface area contributed by atoms with Crippen LogP contribution < -0.4 is 0 Å². The average Bonchev–Trinajstić information content (AvgIpc) is 2.23. The molecule has 2 aromatic rings.